The molecule has 0 unspecified atom stereocenters. The van der Waals surface area contributed by atoms with Gasteiger partial charge in [-0.1, -0.05) is 42.3 Å². The number of aryl methyl sites for hydroxylation is 3. The predicted molar refractivity (Wildman–Crippen MR) is 157 cm³/mol. The number of nitrogens with two attached hydrogens (primary N) is 1. The molecule has 2 aromatic carbocycles. The second-order valence-electron chi connectivity index (χ2n) is 9.88. The van der Waals surface area contributed by atoms with Gasteiger partial charge in [0, 0.05) is 10.9 Å². The average Bonchev–Trinajstić information content (AvgIpc) is 3.33. The minimum absolute atomic E-state index is 0.0332. The Labute approximate surface area is 247 Å². The molecule has 224 valence electrons. The number of fused-ring (bicyclic) bond motifs is 1. The van der Waals surface area contributed by atoms with Gasteiger partial charge < -0.3 is 30.7 Å². The van der Waals surface area contributed by atoms with Gasteiger partial charge in [-0.3, -0.25) is 0 Å². The second-order valence-corrected chi connectivity index (χ2v) is 11.0. The summed E-state index contributed by atoms with van der Waals surface area (Å²) < 4.78 is 9.64. The first-order valence-electron chi connectivity index (χ1n) is 13.5. The third-order valence-corrected chi connectivity index (χ3v) is 7.39. The standard InChI is InChI=1S/C20H18O8.C10H17N3S/c1-11-3-7-13(8-4-11)19(25)27-15(17(21)22)16(18(23)24)28-20(26)14-9-5-12(2)6-10-14;1-2-5-12-7-3-4-8-9(6-7)14-10(11)13-8/h3-10,15-16H,1-2H3,(H,21,22)(H,23,24);7,12H,2-6H2,1H3,(H2,11,13)/t15-,16-;7-/m10/s1. The van der Waals surface area contributed by atoms with Gasteiger partial charge >= 0.3 is 23.9 Å². The number of nitrogens with one attached hydrogen (secondary N) is 1. The number of carbonyl (C=O) groups is 4. The molecule has 0 saturated heterocycles. The van der Waals surface area contributed by atoms with Gasteiger partial charge in [0.15, 0.2) is 5.13 Å². The van der Waals surface area contributed by atoms with Gasteiger partial charge in [0.05, 0.1) is 16.8 Å². The number of nitrogens with zero attached hydrogens (tertiary/aromatic N) is 1. The highest BCUT2D eigenvalue weighted by Crippen LogP contribution is 2.28. The second kappa shape index (κ2) is 15.1. The highest BCUT2D eigenvalue weighted by Gasteiger charge is 2.41. The van der Waals surface area contributed by atoms with Gasteiger partial charge in [-0.15, -0.1) is 11.3 Å². The number of hydrogen-bond acceptors (Lipinski definition) is 10. The molecule has 1 aromatic heterocycles. The van der Waals surface area contributed by atoms with Gasteiger partial charge in [0.1, 0.15) is 0 Å². The Bertz CT molecular complexity index is 1310. The molecule has 1 aliphatic carbocycles. The quantitative estimate of drug-likeness (QED) is 0.250. The number of carbonyl (C=O) groups excluding carboxylic acids is 2. The predicted octanol–water partition coefficient (Wildman–Crippen LogP) is 3.81. The number of ether oxygens (including phenoxy) is 2. The normalized spacial score (nSPS) is 15.3. The van der Waals surface area contributed by atoms with Crippen molar-refractivity contribution in [1.29, 1.82) is 0 Å². The van der Waals surface area contributed by atoms with Crippen LogP contribution in [0, 0.1) is 13.8 Å². The van der Waals surface area contributed by atoms with Crippen molar-refractivity contribution in [3.63, 3.8) is 0 Å². The van der Waals surface area contributed by atoms with E-state index in [1.165, 1.54) is 47.7 Å². The fourth-order valence-corrected chi connectivity index (χ4v) is 5.11. The molecular formula is C30H35N3O8S. The van der Waals surface area contributed by atoms with E-state index in [9.17, 15) is 29.4 Å². The van der Waals surface area contributed by atoms with Gasteiger partial charge in [-0.25, -0.2) is 24.2 Å². The number of rotatable bonds is 10. The van der Waals surface area contributed by atoms with Crippen LogP contribution in [0.4, 0.5) is 5.13 Å². The molecule has 0 saturated carbocycles. The number of benzene rings is 2. The van der Waals surface area contributed by atoms with E-state index in [-0.39, 0.29) is 11.1 Å². The third-order valence-electron chi connectivity index (χ3n) is 6.44. The minimum atomic E-state index is -2.22. The molecule has 0 fully saturated rings. The van der Waals surface area contributed by atoms with E-state index in [4.69, 9.17) is 15.2 Å². The Morgan fingerprint density at radius 2 is 1.40 bits per heavy atom. The molecule has 0 aliphatic heterocycles. The molecule has 42 heavy (non-hydrogen) atoms. The minimum Gasteiger partial charge on any atom is -0.478 e. The van der Waals surface area contributed by atoms with Crippen molar-refractivity contribution in [2.75, 3.05) is 12.3 Å². The molecule has 0 bridgehead atoms. The third kappa shape index (κ3) is 9.11. The van der Waals surface area contributed by atoms with Crippen molar-refractivity contribution in [1.82, 2.24) is 10.3 Å². The lowest BCUT2D eigenvalue weighted by Crippen LogP contribution is -2.45. The fourth-order valence-electron chi connectivity index (χ4n) is 4.15. The Morgan fingerprint density at radius 1 is 0.929 bits per heavy atom. The van der Waals surface area contributed by atoms with Crippen LogP contribution in [0.25, 0.3) is 0 Å². The van der Waals surface area contributed by atoms with Gasteiger partial charge in [0.25, 0.3) is 0 Å². The SMILES string of the molecule is CCCN[C@H]1CCc2nc(N)sc2C1.Cc1ccc(C(=O)O[C@@H](C(=O)O)[C@@H](OC(=O)c2ccc(C)cc2)C(=O)O)cc1. The Morgan fingerprint density at radius 3 is 1.83 bits per heavy atom. The Kier molecular flexibility index (Phi) is 11.6. The molecule has 11 nitrogen and oxygen atoms in total. The number of carboxylic acids is 2. The van der Waals surface area contributed by atoms with Crippen molar-refractivity contribution < 1.29 is 38.9 Å². The number of anilines is 1. The van der Waals surface area contributed by atoms with E-state index in [1.54, 1.807) is 49.4 Å². The van der Waals surface area contributed by atoms with Crippen LogP contribution in [0.1, 0.15) is 62.2 Å². The van der Waals surface area contributed by atoms with E-state index >= 15 is 0 Å². The van der Waals surface area contributed by atoms with Crippen molar-refractivity contribution in [3.05, 3.63) is 81.4 Å². The van der Waals surface area contributed by atoms with E-state index in [2.05, 4.69) is 17.2 Å². The summed E-state index contributed by atoms with van der Waals surface area (Å²) >= 11 is 1.65. The summed E-state index contributed by atoms with van der Waals surface area (Å²) in [5.74, 6) is -5.62. The van der Waals surface area contributed by atoms with Crippen LogP contribution in [0.15, 0.2) is 48.5 Å². The van der Waals surface area contributed by atoms with Crippen molar-refractivity contribution in [3.8, 4) is 0 Å². The number of aromatic nitrogens is 1. The molecule has 3 atom stereocenters. The van der Waals surface area contributed by atoms with Crippen LogP contribution < -0.4 is 11.1 Å². The zero-order valence-corrected chi connectivity index (χ0v) is 24.5. The molecule has 12 heteroatoms. The summed E-state index contributed by atoms with van der Waals surface area (Å²) in [6.07, 6.45) is 0.167. The number of carboxylic acid groups (broad SMARTS) is 2. The first-order valence-corrected chi connectivity index (χ1v) is 14.3. The fraction of sp³-hybridized carbons (Fsp3) is 0.367. The van der Waals surface area contributed by atoms with Crippen LogP contribution in [0.2, 0.25) is 0 Å². The molecular weight excluding hydrogens is 562 g/mol. The van der Waals surface area contributed by atoms with Crippen molar-refractivity contribution in [2.45, 2.75) is 64.7 Å². The topological polar surface area (TPSA) is 178 Å². The molecule has 1 aliphatic rings. The van der Waals surface area contributed by atoms with E-state index in [0.717, 1.165) is 35.6 Å². The highest BCUT2D eigenvalue weighted by atomic mass is 32.1. The lowest BCUT2D eigenvalue weighted by molar-refractivity contribution is -0.166. The summed E-state index contributed by atoms with van der Waals surface area (Å²) in [5, 5.41) is 22.9. The van der Waals surface area contributed by atoms with Gasteiger partial charge in [-0.05, 0) is 70.3 Å². The summed E-state index contributed by atoms with van der Waals surface area (Å²) in [4.78, 5) is 53.1. The van der Waals surface area contributed by atoms with Crippen LogP contribution in [0.3, 0.4) is 0 Å². The molecule has 0 spiro atoms. The van der Waals surface area contributed by atoms with Crippen LogP contribution >= 0.6 is 11.3 Å². The Balaban J connectivity index is 0.000000287. The maximum atomic E-state index is 12.2. The number of aliphatic carboxylic acids is 2. The molecule has 0 amide bonds. The van der Waals surface area contributed by atoms with Gasteiger partial charge in [-0.2, -0.15) is 0 Å². The average molecular weight is 598 g/mol. The monoisotopic (exact) mass is 597 g/mol. The van der Waals surface area contributed by atoms with Crippen LogP contribution in [-0.2, 0) is 31.9 Å². The highest BCUT2D eigenvalue weighted by molar-refractivity contribution is 7.15. The smallest absolute Gasteiger partial charge is 0.349 e. The van der Waals surface area contributed by atoms with Crippen LogP contribution in [0.5, 0.6) is 0 Å². The zero-order valence-electron chi connectivity index (χ0n) is 23.7. The van der Waals surface area contributed by atoms with Crippen LogP contribution in [-0.4, -0.2) is 63.9 Å². The number of hydrogen-bond donors (Lipinski definition) is 4. The summed E-state index contributed by atoms with van der Waals surface area (Å²) in [6, 6.07) is 12.7. The summed E-state index contributed by atoms with van der Waals surface area (Å²) in [5.41, 5.74) is 8.72. The van der Waals surface area contributed by atoms with E-state index < -0.39 is 36.1 Å². The number of esters is 2. The molecule has 5 N–H and O–H groups in total. The van der Waals surface area contributed by atoms with Gasteiger partial charge in [0.2, 0.25) is 12.2 Å². The zero-order chi connectivity index (χ0) is 30.8. The van der Waals surface area contributed by atoms with E-state index in [0.29, 0.717) is 6.04 Å². The summed E-state index contributed by atoms with van der Waals surface area (Å²) in [7, 11) is 0. The summed E-state index contributed by atoms with van der Waals surface area (Å²) in [6.45, 7) is 6.90. The molecule has 0 radical (unpaired) electrons. The first kappa shape index (κ1) is 32.2. The lowest BCUT2D eigenvalue weighted by atomic mass is 9.98. The molecule has 1 heterocycles. The Hall–Kier alpha value is -4.29. The van der Waals surface area contributed by atoms with Crippen molar-refractivity contribution >= 4 is 40.3 Å². The lowest BCUT2D eigenvalue weighted by Gasteiger charge is -2.21. The first-order chi connectivity index (χ1) is 20.0. The maximum absolute atomic E-state index is 12.2. The largest absolute Gasteiger partial charge is 0.478 e. The molecule has 3 aromatic rings. The number of thiazole rings is 1. The molecule has 4 rings (SSSR count). The van der Waals surface area contributed by atoms with E-state index in [1.807, 2.05) is 0 Å². The number of nitrogen functional groups attached to an aromatic ring is 1. The van der Waals surface area contributed by atoms with Crippen molar-refractivity contribution in [2.24, 2.45) is 0 Å². The maximum Gasteiger partial charge on any atom is 0.349 e.